The predicted molar refractivity (Wildman–Crippen MR) is 102 cm³/mol. The van der Waals surface area contributed by atoms with E-state index in [0.717, 1.165) is 35.3 Å². The van der Waals surface area contributed by atoms with Crippen LogP contribution in [0.25, 0.3) is 16.5 Å². The highest BCUT2D eigenvalue weighted by atomic mass is 16.4. The summed E-state index contributed by atoms with van der Waals surface area (Å²) in [7, 11) is 0. The molecule has 4 heteroatoms. The lowest BCUT2D eigenvalue weighted by molar-refractivity contribution is 0.557. The normalized spacial score (nSPS) is 13.7. The molecule has 3 rings (SSSR count). The fourth-order valence-corrected chi connectivity index (χ4v) is 3.27. The summed E-state index contributed by atoms with van der Waals surface area (Å²) in [5, 5.41) is 0.927. The second kappa shape index (κ2) is 6.96. The van der Waals surface area contributed by atoms with Crippen LogP contribution in [0.3, 0.4) is 0 Å². The SMILES string of the molecule is CCN(CC)c1ccc2c(C)c(C3=CCC(=C=O)C=C3)c(=O)oc2c1. The van der Waals surface area contributed by atoms with E-state index >= 15 is 0 Å². The number of anilines is 1. The van der Waals surface area contributed by atoms with Gasteiger partial charge >= 0.3 is 5.63 Å². The Morgan fingerprint density at radius 2 is 1.96 bits per heavy atom. The Labute approximate surface area is 146 Å². The molecule has 0 bridgehead atoms. The molecule has 128 valence electrons. The van der Waals surface area contributed by atoms with Crippen LogP contribution in [-0.4, -0.2) is 19.0 Å². The van der Waals surface area contributed by atoms with Crippen molar-refractivity contribution < 1.29 is 9.21 Å². The third-order valence-corrected chi connectivity index (χ3v) is 4.71. The van der Waals surface area contributed by atoms with Gasteiger partial charge in [0.05, 0.1) is 5.56 Å². The zero-order valence-electron chi connectivity index (χ0n) is 14.8. The van der Waals surface area contributed by atoms with Gasteiger partial charge in [0.2, 0.25) is 0 Å². The third kappa shape index (κ3) is 3.09. The quantitative estimate of drug-likeness (QED) is 0.625. The van der Waals surface area contributed by atoms with Crippen LogP contribution in [0.15, 0.2) is 51.2 Å². The van der Waals surface area contributed by atoms with Crippen molar-refractivity contribution in [2.45, 2.75) is 27.2 Å². The minimum Gasteiger partial charge on any atom is -0.422 e. The van der Waals surface area contributed by atoms with Gasteiger partial charge in [0.15, 0.2) is 0 Å². The Kier molecular flexibility index (Phi) is 4.73. The van der Waals surface area contributed by atoms with Gasteiger partial charge < -0.3 is 9.32 Å². The van der Waals surface area contributed by atoms with E-state index in [1.165, 1.54) is 0 Å². The number of hydrogen-bond acceptors (Lipinski definition) is 4. The molecule has 0 atom stereocenters. The molecule has 1 aromatic carbocycles. The summed E-state index contributed by atoms with van der Waals surface area (Å²) in [5.41, 5.74) is 4.12. The minimum atomic E-state index is -0.351. The van der Waals surface area contributed by atoms with E-state index in [2.05, 4.69) is 24.8 Å². The molecule has 0 unspecified atom stereocenters. The van der Waals surface area contributed by atoms with E-state index in [0.29, 0.717) is 23.1 Å². The molecule has 0 aliphatic heterocycles. The molecule has 25 heavy (non-hydrogen) atoms. The van der Waals surface area contributed by atoms with Crippen molar-refractivity contribution in [2.24, 2.45) is 0 Å². The van der Waals surface area contributed by atoms with Crippen molar-refractivity contribution >= 4 is 28.2 Å². The van der Waals surface area contributed by atoms with Gasteiger partial charge in [0.1, 0.15) is 11.5 Å². The van der Waals surface area contributed by atoms with Crippen molar-refractivity contribution in [3.63, 3.8) is 0 Å². The minimum absolute atomic E-state index is 0.351. The fourth-order valence-electron chi connectivity index (χ4n) is 3.27. The number of fused-ring (bicyclic) bond motifs is 1. The fraction of sp³-hybridized carbons (Fsp3) is 0.286. The molecule has 1 heterocycles. The Balaban J connectivity index is 2.13. The number of rotatable bonds is 4. The van der Waals surface area contributed by atoms with Crippen molar-refractivity contribution in [3.8, 4) is 0 Å². The summed E-state index contributed by atoms with van der Waals surface area (Å²) < 4.78 is 5.62. The van der Waals surface area contributed by atoms with Crippen LogP contribution >= 0.6 is 0 Å². The Morgan fingerprint density at radius 3 is 2.56 bits per heavy atom. The third-order valence-electron chi connectivity index (χ3n) is 4.71. The summed E-state index contributed by atoms with van der Waals surface area (Å²) in [5.74, 6) is 1.89. The van der Waals surface area contributed by atoms with Crippen LogP contribution in [0.5, 0.6) is 0 Å². The van der Waals surface area contributed by atoms with E-state index in [4.69, 9.17) is 4.42 Å². The predicted octanol–water partition coefficient (Wildman–Crippen LogP) is 4.05. The monoisotopic (exact) mass is 335 g/mol. The van der Waals surface area contributed by atoms with Crippen molar-refractivity contribution in [3.05, 3.63) is 63.5 Å². The van der Waals surface area contributed by atoms with E-state index in [1.807, 2.05) is 31.1 Å². The average Bonchev–Trinajstić information content (AvgIpc) is 2.63. The van der Waals surface area contributed by atoms with Gasteiger partial charge in [0.25, 0.3) is 0 Å². The lowest BCUT2D eigenvalue weighted by Crippen LogP contribution is -2.21. The van der Waals surface area contributed by atoms with Crippen LogP contribution in [-0.2, 0) is 4.79 Å². The van der Waals surface area contributed by atoms with Gasteiger partial charge in [-0.1, -0.05) is 12.2 Å². The maximum absolute atomic E-state index is 12.6. The smallest absolute Gasteiger partial charge is 0.344 e. The lowest BCUT2D eigenvalue weighted by Gasteiger charge is -2.21. The van der Waals surface area contributed by atoms with Crippen molar-refractivity contribution in [1.29, 1.82) is 0 Å². The molecule has 1 aliphatic rings. The van der Waals surface area contributed by atoms with Gasteiger partial charge in [-0.3, -0.25) is 0 Å². The van der Waals surface area contributed by atoms with Gasteiger partial charge in [-0.05, 0) is 50.1 Å². The molecule has 1 aromatic heterocycles. The molecule has 2 aromatic rings. The highest BCUT2D eigenvalue weighted by Gasteiger charge is 2.16. The van der Waals surface area contributed by atoms with Crippen LogP contribution < -0.4 is 10.5 Å². The molecule has 4 nitrogen and oxygen atoms in total. The number of nitrogens with zero attached hydrogens (tertiary/aromatic N) is 1. The van der Waals surface area contributed by atoms with Crippen molar-refractivity contribution in [1.82, 2.24) is 0 Å². The maximum Gasteiger partial charge on any atom is 0.344 e. The van der Waals surface area contributed by atoms with E-state index in [-0.39, 0.29) is 5.63 Å². The maximum atomic E-state index is 12.6. The van der Waals surface area contributed by atoms with Crippen molar-refractivity contribution in [2.75, 3.05) is 18.0 Å². The van der Waals surface area contributed by atoms with Crippen LogP contribution in [0.2, 0.25) is 0 Å². The van der Waals surface area contributed by atoms with Crippen LogP contribution in [0.4, 0.5) is 5.69 Å². The summed E-state index contributed by atoms with van der Waals surface area (Å²) in [6.45, 7) is 7.93. The summed E-state index contributed by atoms with van der Waals surface area (Å²) in [6.07, 6.45) is 5.83. The molecule has 0 saturated heterocycles. The van der Waals surface area contributed by atoms with E-state index < -0.39 is 0 Å². The van der Waals surface area contributed by atoms with Gasteiger partial charge in [-0.25, -0.2) is 9.59 Å². The molecule has 0 amide bonds. The highest BCUT2D eigenvalue weighted by molar-refractivity contribution is 5.90. The molecular formula is C21H21NO3. The molecular weight excluding hydrogens is 314 g/mol. The summed E-state index contributed by atoms with van der Waals surface area (Å²) >= 11 is 0. The van der Waals surface area contributed by atoms with Crippen LogP contribution in [0.1, 0.15) is 31.4 Å². The first kappa shape index (κ1) is 17.0. The number of allylic oxidation sites excluding steroid dienone is 5. The van der Waals surface area contributed by atoms with Crippen LogP contribution in [0, 0.1) is 6.92 Å². The molecule has 0 spiro atoms. The Bertz CT molecular complexity index is 984. The van der Waals surface area contributed by atoms with E-state index in [9.17, 15) is 9.59 Å². The zero-order chi connectivity index (χ0) is 18.0. The Hall–Kier alpha value is -2.84. The topological polar surface area (TPSA) is 50.5 Å². The number of carbonyl (C=O) groups excluding carboxylic acids is 1. The van der Waals surface area contributed by atoms with Gasteiger partial charge in [0, 0.05) is 42.2 Å². The first-order chi connectivity index (χ1) is 12.1. The molecule has 0 saturated carbocycles. The van der Waals surface area contributed by atoms with Gasteiger partial charge in [-0.15, -0.1) is 0 Å². The first-order valence-corrected chi connectivity index (χ1v) is 8.54. The average molecular weight is 335 g/mol. The second-order valence-corrected chi connectivity index (χ2v) is 6.07. The second-order valence-electron chi connectivity index (χ2n) is 6.07. The first-order valence-electron chi connectivity index (χ1n) is 8.54. The molecule has 0 radical (unpaired) electrons. The standard InChI is InChI=1S/C21H21NO3/c1-4-22(5-2)17-10-11-18-14(3)20(21(24)25-19(18)12-17)16-8-6-15(13-23)7-9-16/h6,8-12H,4-5,7H2,1-3H3. The zero-order valence-corrected chi connectivity index (χ0v) is 14.8. The van der Waals surface area contributed by atoms with Gasteiger partial charge in [-0.2, -0.15) is 0 Å². The number of aryl methyl sites for hydroxylation is 1. The molecule has 0 fully saturated rings. The number of benzene rings is 1. The lowest BCUT2D eigenvalue weighted by atomic mass is 9.94. The molecule has 1 aliphatic carbocycles. The van der Waals surface area contributed by atoms with E-state index in [1.54, 1.807) is 12.2 Å². The highest BCUT2D eigenvalue weighted by Crippen LogP contribution is 2.29. The number of hydrogen-bond donors (Lipinski definition) is 0. The summed E-state index contributed by atoms with van der Waals surface area (Å²) in [6, 6.07) is 6.00. The largest absolute Gasteiger partial charge is 0.422 e. The molecule has 0 N–H and O–H groups in total. The Morgan fingerprint density at radius 1 is 1.20 bits per heavy atom. The summed E-state index contributed by atoms with van der Waals surface area (Å²) in [4.78, 5) is 25.5.